The van der Waals surface area contributed by atoms with E-state index in [1.807, 2.05) is 43.5 Å². The van der Waals surface area contributed by atoms with E-state index < -0.39 is 0 Å². The molecule has 0 aliphatic heterocycles. The largest absolute Gasteiger partial charge is 0.336 e. The van der Waals surface area contributed by atoms with Gasteiger partial charge in [0.2, 0.25) is 0 Å². The number of nitrogens with zero attached hydrogens (tertiary/aromatic N) is 2. The first-order valence-electron chi connectivity index (χ1n) is 9.23. The van der Waals surface area contributed by atoms with E-state index in [1.165, 1.54) is 21.5 Å². The fourth-order valence-electron chi connectivity index (χ4n) is 3.74. The number of thiophene rings is 1. The van der Waals surface area contributed by atoms with Crippen LogP contribution in [-0.4, -0.2) is 9.13 Å². The van der Waals surface area contributed by atoms with Crippen molar-refractivity contribution in [2.45, 2.75) is 34.2 Å². The van der Waals surface area contributed by atoms with Gasteiger partial charge in [0, 0.05) is 0 Å². The maximum atomic E-state index is 13.4. The molecule has 28 heavy (non-hydrogen) atoms. The molecule has 2 aromatic heterocycles. The second kappa shape index (κ2) is 6.91. The summed E-state index contributed by atoms with van der Waals surface area (Å²) in [5.74, 6) is 0. The van der Waals surface area contributed by atoms with E-state index in [2.05, 4.69) is 32.0 Å². The molecule has 142 valence electrons. The smallest absolute Gasteiger partial charge is 0.288 e. The number of hydrogen-bond donors (Lipinski definition) is 0. The molecule has 4 aromatic rings. The Morgan fingerprint density at radius 2 is 1.57 bits per heavy atom. The van der Waals surface area contributed by atoms with Crippen LogP contribution in [0.25, 0.3) is 15.9 Å². The quantitative estimate of drug-likeness (QED) is 0.517. The lowest BCUT2D eigenvalue weighted by Gasteiger charge is -2.14. The summed E-state index contributed by atoms with van der Waals surface area (Å²) in [6, 6.07) is 13.9. The van der Waals surface area contributed by atoms with Gasteiger partial charge >= 0.3 is 5.69 Å². The van der Waals surface area contributed by atoms with Crippen molar-refractivity contribution < 1.29 is 0 Å². The third-order valence-corrected chi connectivity index (χ3v) is 5.94. The Labute approximate surface area is 167 Å². The Morgan fingerprint density at radius 1 is 0.857 bits per heavy atom. The van der Waals surface area contributed by atoms with E-state index in [-0.39, 0.29) is 11.2 Å². The maximum Gasteiger partial charge on any atom is 0.336 e. The van der Waals surface area contributed by atoms with Crippen LogP contribution >= 0.6 is 11.3 Å². The summed E-state index contributed by atoms with van der Waals surface area (Å²) in [5.41, 5.74) is 6.21. The molecule has 4 rings (SSSR count). The Hall–Kier alpha value is -2.92. The van der Waals surface area contributed by atoms with Crippen LogP contribution in [0.5, 0.6) is 0 Å². The van der Waals surface area contributed by atoms with Gasteiger partial charge in [-0.25, -0.2) is 9.36 Å². The second-order valence-corrected chi connectivity index (χ2v) is 8.34. The predicted molar refractivity (Wildman–Crippen MR) is 116 cm³/mol. The van der Waals surface area contributed by atoms with E-state index in [0.29, 0.717) is 22.4 Å². The fraction of sp³-hybridized carbons (Fsp3) is 0.217. The molecule has 0 amide bonds. The van der Waals surface area contributed by atoms with Crippen LogP contribution in [0, 0.1) is 27.7 Å². The summed E-state index contributed by atoms with van der Waals surface area (Å²) in [5, 5.41) is 1.87. The minimum Gasteiger partial charge on any atom is -0.288 e. The summed E-state index contributed by atoms with van der Waals surface area (Å²) in [4.78, 5) is 26.5. The number of aromatic nitrogens is 2. The highest BCUT2D eigenvalue weighted by Crippen LogP contribution is 2.20. The molecule has 0 N–H and O–H groups in total. The average molecular weight is 391 g/mol. The third-order valence-electron chi connectivity index (χ3n) is 5.05. The van der Waals surface area contributed by atoms with Gasteiger partial charge < -0.3 is 0 Å². The van der Waals surface area contributed by atoms with Gasteiger partial charge in [0.05, 0.1) is 17.7 Å². The van der Waals surface area contributed by atoms with Crippen LogP contribution in [-0.2, 0) is 6.54 Å². The molecule has 0 aliphatic carbocycles. The van der Waals surface area contributed by atoms with Crippen molar-refractivity contribution in [3.63, 3.8) is 0 Å². The number of rotatable bonds is 3. The molecule has 0 aliphatic rings. The molecule has 0 bridgehead atoms. The fourth-order valence-corrected chi connectivity index (χ4v) is 4.57. The van der Waals surface area contributed by atoms with Gasteiger partial charge in [-0.15, -0.1) is 11.3 Å². The Morgan fingerprint density at radius 3 is 2.25 bits per heavy atom. The summed E-state index contributed by atoms with van der Waals surface area (Å²) in [7, 11) is 0. The Kier molecular flexibility index (Phi) is 4.55. The van der Waals surface area contributed by atoms with Crippen LogP contribution < -0.4 is 11.2 Å². The summed E-state index contributed by atoms with van der Waals surface area (Å²) in [6.07, 6.45) is 0. The van der Waals surface area contributed by atoms with Crippen LogP contribution in [0.15, 0.2) is 57.4 Å². The normalized spacial score (nSPS) is 11.3. The lowest BCUT2D eigenvalue weighted by molar-refractivity contribution is 0.713. The Bertz CT molecular complexity index is 1300. The standard InChI is InChI=1S/C23H22N2O2S/c1-14-5-6-18(17(4)10-14)13-24-20-7-8-28-21(20)22(26)25(23(24)27)19-11-15(2)9-16(3)12-19/h5-12H,13H2,1-4H3. The van der Waals surface area contributed by atoms with Crippen LogP contribution in [0.1, 0.15) is 27.8 Å². The summed E-state index contributed by atoms with van der Waals surface area (Å²) >= 11 is 1.38. The highest BCUT2D eigenvalue weighted by molar-refractivity contribution is 7.17. The van der Waals surface area contributed by atoms with Crippen molar-refractivity contribution in [3.8, 4) is 5.69 Å². The molecule has 0 spiro atoms. The molecular weight excluding hydrogens is 368 g/mol. The zero-order valence-corrected chi connectivity index (χ0v) is 17.3. The Balaban J connectivity index is 2.00. The van der Waals surface area contributed by atoms with E-state index in [0.717, 1.165) is 22.3 Å². The van der Waals surface area contributed by atoms with E-state index in [4.69, 9.17) is 0 Å². The number of aryl methyl sites for hydroxylation is 4. The number of benzene rings is 2. The predicted octanol–water partition coefficient (Wildman–Crippen LogP) is 4.50. The molecule has 0 fully saturated rings. The van der Waals surface area contributed by atoms with Gasteiger partial charge in [0.1, 0.15) is 4.70 Å². The zero-order valence-electron chi connectivity index (χ0n) is 16.4. The highest BCUT2D eigenvalue weighted by Gasteiger charge is 2.16. The SMILES string of the molecule is Cc1cc(C)cc(-n2c(=O)c3sccc3n(Cc3ccc(C)cc3C)c2=O)c1. The molecule has 5 heteroatoms. The third kappa shape index (κ3) is 3.12. The minimum atomic E-state index is -0.305. The molecule has 0 saturated carbocycles. The lowest BCUT2D eigenvalue weighted by atomic mass is 10.1. The lowest BCUT2D eigenvalue weighted by Crippen LogP contribution is -2.38. The van der Waals surface area contributed by atoms with E-state index in [9.17, 15) is 9.59 Å². The molecule has 0 radical (unpaired) electrons. The van der Waals surface area contributed by atoms with Crippen LogP contribution in [0.3, 0.4) is 0 Å². The van der Waals surface area contributed by atoms with Gasteiger partial charge in [-0.1, -0.05) is 29.8 Å². The monoisotopic (exact) mass is 390 g/mol. The van der Waals surface area contributed by atoms with Crippen molar-refractivity contribution in [2.24, 2.45) is 0 Å². The van der Waals surface area contributed by atoms with E-state index in [1.54, 1.807) is 4.57 Å². The second-order valence-electron chi connectivity index (χ2n) is 7.42. The van der Waals surface area contributed by atoms with Crippen molar-refractivity contribution in [1.29, 1.82) is 0 Å². The first-order chi connectivity index (χ1) is 13.3. The van der Waals surface area contributed by atoms with Crippen LogP contribution in [0.2, 0.25) is 0 Å². The molecule has 4 nitrogen and oxygen atoms in total. The van der Waals surface area contributed by atoms with Gasteiger partial charge in [0.25, 0.3) is 5.56 Å². The van der Waals surface area contributed by atoms with Crippen molar-refractivity contribution in [3.05, 3.63) is 96.5 Å². The topological polar surface area (TPSA) is 44.0 Å². The minimum absolute atomic E-state index is 0.253. The summed E-state index contributed by atoms with van der Waals surface area (Å²) in [6.45, 7) is 8.49. The molecule has 0 saturated heterocycles. The first kappa shape index (κ1) is 18.4. The number of hydrogen-bond acceptors (Lipinski definition) is 3. The molecular formula is C23H22N2O2S. The number of fused-ring (bicyclic) bond motifs is 1. The first-order valence-corrected chi connectivity index (χ1v) is 10.1. The van der Waals surface area contributed by atoms with Gasteiger partial charge in [0.15, 0.2) is 0 Å². The van der Waals surface area contributed by atoms with Crippen LogP contribution in [0.4, 0.5) is 0 Å². The van der Waals surface area contributed by atoms with E-state index >= 15 is 0 Å². The van der Waals surface area contributed by atoms with Gasteiger partial charge in [-0.05, 0) is 73.5 Å². The average Bonchev–Trinajstić information content (AvgIpc) is 3.09. The summed E-state index contributed by atoms with van der Waals surface area (Å²) < 4.78 is 3.62. The molecule has 0 atom stereocenters. The molecule has 2 heterocycles. The maximum absolute atomic E-state index is 13.4. The van der Waals surface area contributed by atoms with Gasteiger partial charge in [-0.2, -0.15) is 0 Å². The van der Waals surface area contributed by atoms with Crippen molar-refractivity contribution >= 4 is 21.6 Å². The van der Waals surface area contributed by atoms with Crippen molar-refractivity contribution in [1.82, 2.24) is 9.13 Å². The highest BCUT2D eigenvalue weighted by atomic mass is 32.1. The van der Waals surface area contributed by atoms with Crippen molar-refractivity contribution in [2.75, 3.05) is 0 Å². The molecule has 0 unspecified atom stereocenters. The van der Waals surface area contributed by atoms with Gasteiger partial charge in [-0.3, -0.25) is 9.36 Å². The zero-order chi connectivity index (χ0) is 20.0. The molecule has 2 aromatic carbocycles.